The highest BCUT2D eigenvalue weighted by Crippen LogP contribution is 2.18. The van der Waals surface area contributed by atoms with Gasteiger partial charge in [-0.05, 0) is 89.9 Å². The Hall–Kier alpha value is -3.15. The fourth-order valence-corrected chi connectivity index (χ4v) is 10.4. The van der Waals surface area contributed by atoms with E-state index in [-0.39, 0.29) is 31.1 Å². The van der Waals surface area contributed by atoms with Gasteiger partial charge >= 0.3 is 17.9 Å². The van der Waals surface area contributed by atoms with Crippen LogP contribution in [0.25, 0.3) is 0 Å². The molecule has 0 saturated heterocycles. The Bertz CT molecular complexity index is 1490. The van der Waals surface area contributed by atoms with Crippen molar-refractivity contribution in [2.75, 3.05) is 13.2 Å². The lowest BCUT2D eigenvalue weighted by molar-refractivity contribution is -0.167. The number of unbranched alkanes of at least 4 members (excludes halogenated alkanes) is 42. The number of carbonyl (C=O) groups is 3. The predicted molar refractivity (Wildman–Crippen MR) is 353 cm³/mol. The monoisotopic (exact) mass is 1130 g/mol. The van der Waals surface area contributed by atoms with Gasteiger partial charge in [0.1, 0.15) is 13.2 Å². The molecule has 6 heteroatoms. The van der Waals surface area contributed by atoms with Crippen molar-refractivity contribution in [3.63, 3.8) is 0 Å². The molecule has 470 valence electrons. The van der Waals surface area contributed by atoms with Crippen LogP contribution in [0.15, 0.2) is 72.9 Å². The van der Waals surface area contributed by atoms with Gasteiger partial charge in [0.25, 0.3) is 0 Å². The topological polar surface area (TPSA) is 78.9 Å². The summed E-state index contributed by atoms with van der Waals surface area (Å²) in [6, 6.07) is 0. The van der Waals surface area contributed by atoms with E-state index in [1.165, 1.54) is 225 Å². The predicted octanol–water partition coefficient (Wildman–Crippen LogP) is 24.4. The summed E-state index contributed by atoms with van der Waals surface area (Å²) >= 11 is 0. The van der Waals surface area contributed by atoms with E-state index in [4.69, 9.17) is 14.2 Å². The molecule has 0 aliphatic rings. The Balaban J connectivity index is 4.25. The van der Waals surface area contributed by atoms with E-state index in [0.29, 0.717) is 19.3 Å². The maximum atomic E-state index is 13.0. The van der Waals surface area contributed by atoms with Crippen LogP contribution >= 0.6 is 0 Å². The van der Waals surface area contributed by atoms with Crippen molar-refractivity contribution in [2.45, 2.75) is 374 Å². The van der Waals surface area contributed by atoms with E-state index in [2.05, 4.69) is 93.7 Å². The van der Waals surface area contributed by atoms with Crippen LogP contribution in [0.4, 0.5) is 0 Å². The minimum atomic E-state index is -0.780. The number of rotatable bonds is 65. The Morgan fingerprint density at radius 2 is 0.481 bits per heavy atom. The summed E-state index contributed by atoms with van der Waals surface area (Å²) in [6.45, 7) is 6.55. The number of carbonyl (C=O) groups excluding carboxylic acids is 3. The average Bonchev–Trinajstić information content (AvgIpc) is 3.47. The van der Waals surface area contributed by atoms with Crippen LogP contribution in [-0.4, -0.2) is 37.2 Å². The Morgan fingerprint density at radius 3 is 0.778 bits per heavy atom. The molecular formula is C75H134O6. The normalized spacial score (nSPS) is 12.5. The molecular weight excluding hydrogens is 997 g/mol. The summed E-state index contributed by atoms with van der Waals surface area (Å²) in [6.07, 6.45) is 90.7. The maximum Gasteiger partial charge on any atom is 0.306 e. The van der Waals surface area contributed by atoms with Crippen LogP contribution in [0, 0.1) is 0 Å². The number of ether oxygens (including phenoxy) is 3. The summed E-state index contributed by atoms with van der Waals surface area (Å²) in [5, 5.41) is 0. The second-order valence-electron chi connectivity index (χ2n) is 23.8. The number of hydrogen-bond acceptors (Lipinski definition) is 6. The van der Waals surface area contributed by atoms with Gasteiger partial charge in [-0.3, -0.25) is 14.4 Å². The number of allylic oxidation sites excluding steroid dienone is 12. The summed E-state index contributed by atoms with van der Waals surface area (Å²) in [5.74, 6) is -0.865. The standard InChI is InChI=1S/C75H134O6/c1-4-7-10-13-16-19-22-25-28-30-32-33-34-35-36-37-38-39-40-41-43-44-47-50-53-56-59-62-65-68-74(77)80-71-72(70-79-73(76)67-64-61-58-55-52-49-46-27-24-21-18-15-12-9-6-3)81-75(78)69-66-63-60-57-54-51-48-45-42-31-29-26-23-20-17-14-11-8-5-2/h7,10,16,18-19,21,25,27-28,32-33,46,72H,4-6,8-9,11-15,17,20,22-24,26,29-31,34-45,47-71H2,1-3H3/b10-7-,19-16-,21-18-,28-25-,33-32-,46-27-. The highest BCUT2D eigenvalue weighted by Gasteiger charge is 2.19. The molecule has 0 N–H and O–H groups in total. The zero-order chi connectivity index (χ0) is 58.5. The molecule has 0 radical (unpaired) electrons. The lowest BCUT2D eigenvalue weighted by Crippen LogP contribution is -2.30. The van der Waals surface area contributed by atoms with Gasteiger partial charge in [0.15, 0.2) is 6.10 Å². The fourth-order valence-electron chi connectivity index (χ4n) is 10.4. The largest absolute Gasteiger partial charge is 0.462 e. The molecule has 0 spiro atoms. The molecule has 0 rings (SSSR count). The second kappa shape index (κ2) is 69.3. The van der Waals surface area contributed by atoms with Crippen molar-refractivity contribution in [3.8, 4) is 0 Å². The Labute approximate surface area is 503 Å². The van der Waals surface area contributed by atoms with E-state index >= 15 is 0 Å². The molecule has 0 fully saturated rings. The molecule has 0 aliphatic carbocycles. The van der Waals surface area contributed by atoms with Gasteiger partial charge in [0.05, 0.1) is 0 Å². The van der Waals surface area contributed by atoms with E-state index in [9.17, 15) is 14.4 Å². The van der Waals surface area contributed by atoms with Gasteiger partial charge in [-0.25, -0.2) is 0 Å². The van der Waals surface area contributed by atoms with Gasteiger partial charge in [0, 0.05) is 19.3 Å². The third kappa shape index (κ3) is 67.5. The van der Waals surface area contributed by atoms with Crippen molar-refractivity contribution in [2.24, 2.45) is 0 Å². The maximum absolute atomic E-state index is 13.0. The van der Waals surface area contributed by atoms with Crippen LogP contribution in [0.5, 0.6) is 0 Å². The van der Waals surface area contributed by atoms with Crippen LogP contribution in [0.2, 0.25) is 0 Å². The van der Waals surface area contributed by atoms with Gasteiger partial charge in [0.2, 0.25) is 0 Å². The minimum Gasteiger partial charge on any atom is -0.462 e. The zero-order valence-corrected chi connectivity index (χ0v) is 54.1. The quantitative estimate of drug-likeness (QED) is 0.0261. The van der Waals surface area contributed by atoms with Gasteiger partial charge < -0.3 is 14.2 Å². The summed E-state index contributed by atoms with van der Waals surface area (Å²) in [4.78, 5) is 38.4. The second-order valence-corrected chi connectivity index (χ2v) is 23.8. The van der Waals surface area contributed by atoms with E-state index in [1.54, 1.807) is 0 Å². The smallest absolute Gasteiger partial charge is 0.306 e. The first kappa shape index (κ1) is 77.9. The highest BCUT2D eigenvalue weighted by molar-refractivity contribution is 5.71. The molecule has 0 saturated carbocycles. The Kier molecular flexibility index (Phi) is 66.6. The first-order valence-electron chi connectivity index (χ1n) is 35.4. The van der Waals surface area contributed by atoms with Gasteiger partial charge in [-0.1, -0.05) is 331 Å². The average molecular weight is 1130 g/mol. The zero-order valence-electron chi connectivity index (χ0n) is 54.1. The van der Waals surface area contributed by atoms with E-state index in [0.717, 1.165) is 103 Å². The first-order valence-corrected chi connectivity index (χ1v) is 35.4. The third-order valence-corrected chi connectivity index (χ3v) is 15.7. The summed E-state index contributed by atoms with van der Waals surface area (Å²) in [7, 11) is 0. The van der Waals surface area contributed by atoms with Crippen molar-refractivity contribution in [3.05, 3.63) is 72.9 Å². The third-order valence-electron chi connectivity index (χ3n) is 15.7. The van der Waals surface area contributed by atoms with Crippen LogP contribution in [0.1, 0.15) is 367 Å². The fraction of sp³-hybridized carbons (Fsp3) is 0.800. The summed E-state index contributed by atoms with van der Waals surface area (Å²) < 4.78 is 17.0. The molecule has 81 heavy (non-hydrogen) atoms. The van der Waals surface area contributed by atoms with E-state index < -0.39 is 6.10 Å². The van der Waals surface area contributed by atoms with Crippen molar-refractivity contribution >= 4 is 17.9 Å². The summed E-state index contributed by atoms with van der Waals surface area (Å²) in [5.41, 5.74) is 0. The molecule has 1 atom stereocenters. The SMILES string of the molecule is CC/C=C\C/C=C\C/C=C\C/C=C\CCCCCCCCCCCCCCCCCCC(=O)OCC(COC(=O)CCCCCCC/C=C\C/C=C\CCCCC)OC(=O)CCCCCCCCCCCCCCCCCCCCC. The van der Waals surface area contributed by atoms with Gasteiger partial charge in [-0.15, -0.1) is 0 Å². The van der Waals surface area contributed by atoms with E-state index in [1.807, 2.05) is 0 Å². The molecule has 0 heterocycles. The van der Waals surface area contributed by atoms with Crippen molar-refractivity contribution in [1.29, 1.82) is 0 Å². The molecule has 0 aliphatic heterocycles. The molecule has 0 aromatic carbocycles. The van der Waals surface area contributed by atoms with Crippen LogP contribution in [-0.2, 0) is 28.6 Å². The molecule has 1 unspecified atom stereocenters. The highest BCUT2D eigenvalue weighted by atomic mass is 16.6. The molecule has 0 aromatic rings. The minimum absolute atomic E-state index is 0.0749. The molecule has 0 aromatic heterocycles. The first-order chi connectivity index (χ1) is 40.0. The van der Waals surface area contributed by atoms with Crippen molar-refractivity contribution < 1.29 is 28.6 Å². The lowest BCUT2D eigenvalue weighted by Gasteiger charge is -2.18. The number of esters is 3. The van der Waals surface area contributed by atoms with Gasteiger partial charge in [-0.2, -0.15) is 0 Å². The molecule has 6 nitrogen and oxygen atoms in total. The molecule has 0 amide bonds. The lowest BCUT2D eigenvalue weighted by atomic mass is 10.0. The van der Waals surface area contributed by atoms with Crippen molar-refractivity contribution in [1.82, 2.24) is 0 Å². The molecule has 0 bridgehead atoms. The number of hydrogen-bond donors (Lipinski definition) is 0. The van der Waals surface area contributed by atoms with Crippen LogP contribution < -0.4 is 0 Å². The van der Waals surface area contributed by atoms with Crippen LogP contribution in [0.3, 0.4) is 0 Å². The Morgan fingerprint density at radius 1 is 0.259 bits per heavy atom.